The first-order valence-corrected chi connectivity index (χ1v) is 6.55. The molecular weight excluding hydrogens is 286 g/mol. The number of hydrogen-bond acceptors (Lipinski definition) is 2. The number of aryl methyl sites for hydroxylation is 2. The molecule has 0 bridgehead atoms. The van der Waals surface area contributed by atoms with Gasteiger partial charge < -0.3 is 4.90 Å². The SMILES string of the molecule is Cc1cc(N2CC(S)CC2=O)c(C)cc1Br. The summed E-state index contributed by atoms with van der Waals surface area (Å²) in [5.41, 5.74) is 3.28. The van der Waals surface area contributed by atoms with Crippen LogP contribution in [0.4, 0.5) is 5.69 Å². The van der Waals surface area contributed by atoms with E-state index in [0.29, 0.717) is 13.0 Å². The second kappa shape index (κ2) is 4.41. The van der Waals surface area contributed by atoms with Gasteiger partial charge in [-0.25, -0.2) is 0 Å². The third-order valence-electron chi connectivity index (χ3n) is 2.87. The Morgan fingerprint density at radius 3 is 2.62 bits per heavy atom. The van der Waals surface area contributed by atoms with Crippen molar-refractivity contribution in [3.63, 3.8) is 0 Å². The molecule has 1 unspecified atom stereocenters. The molecule has 2 nitrogen and oxygen atoms in total. The minimum absolute atomic E-state index is 0.163. The molecule has 1 atom stereocenters. The van der Waals surface area contributed by atoms with Gasteiger partial charge in [0, 0.05) is 28.4 Å². The van der Waals surface area contributed by atoms with Crippen LogP contribution in [0.25, 0.3) is 0 Å². The summed E-state index contributed by atoms with van der Waals surface area (Å²) in [6, 6.07) is 4.12. The van der Waals surface area contributed by atoms with E-state index < -0.39 is 0 Å². The zero-order valence-electron chi connectivity index (χ0n) is 9.33. The molecule has 0 radical (unpaired) electrons. The lowest BCUT2D eigenvalue weighted by atomic mass is 10.1. The third-order valence-corrected chi connectivity index (χ3v) is 4.07. The van der Waals surface area contributed by atoms with Crippen molar-refractivity contribution in [2.75, 3.05) is 11.4 Å². The number of halogens is 1. The van der Waals surface area contributed by atoms with Crippen LogP contribution in [0.15, 0.2) is 16.6 Å². The molecule has 1 heterocycles. The molecule has 1 aliphatic rings. The average molecular weight is 300 g/mol. The standard InChI is InChI=1S/C12H14BrNOS/c1-7-4-11(8(2)3-10(7)13)14-6-9(16)5-12(14)15/h3-4,9,16H,5-6H2,1-2H3. The van der Waals surface area contributed by atoms with E-state index in [1.165, 1.54) is 0 Å². The minimum Gasteiger partial charge on any atom is -0.311 e. The lowest BCUT2D eigenvalue weighted by Gasteiger charge is -2.19. The van der Waals surface area contributed by atoms with E-state index >= 15 is 0 Å². The maximum atomic E-state index is 11.8. The van der Waals surface area contributed by atoms with Crippen LogP contribution in [0, 0.1) is 13.8 Å². The van der Waals surface area contributed by atoms with Gasteiger partial charge in [-0.2, -0.15) is 12.6 Å². The van der Waals surface area contributed by atoms with Crippen molar-refractivity contribution < 1.29 is 4.79 Å². The summed E-state index contributed by atoms with van der Waals surface area (Å²) in [6.07, 6.45) is 0.539. The van der Waals surface area contributed by atoms with Crippen molar-refractivity contribution >= 4 is 40.2 Å². The number of rotatable bonds is 1. The van der Waals surface area contributed by atoms with E-state index in [2.05, 4.69) is 40.7 Å². The van der Waals surface area contributed by atoms with Crippen molar-refractivity contribution in [3.8, 4) is 0 Å². The van der Waals surface area contributed by atoms with Crippen LogP contribution >= 0.6 is 28.6 Å². The Morgan fingerprint density at radius 2 is 2.06 bits per heavy atom. The first kappa shape index (κ1) is 12.0. The van der Waals surface area contributed by atoms with Crippen molar-refractivity contribution in [2.45, 2.75) is 25.5 Å². The van der Waals surface area contributed by atoms with Gasteiger partial charge >= 0.3 is 0 Å². The van der Waals surface area contributed by atoms with E-state index in [9.17, 15) is 4.79 Å². The Bertz CT molecular complexity index is 447. The lowest BCUT2D eigenvalue weighted by Crippen LogP contribution is -2.25. The fourth-order valence-corrected chi connectivity index (χ4v) is 2.76. The number of nitrogens with zero attached hydrogens (tertiary/aromatic N) is 1. The molecule has 1 aliphatic heterocycles. The number of thiol groups is 1. The van der Waals surface area contributed by atoms with Crippen LogP contribution in [0.2, 0.25) is 0 Å². The number of benzene rings is 1. The van der Waals surface area contributed by atoms with Gasteiger partial charge in [0.1, 0.15) is 0 Å². The second-order valence-corrected chi connectivity index (χ2v) is 5.83. The molecule has 1 fully saturated rings. The maximum Gasteiger partial charge on any atom is 0.228 e. The van der Waals surface area contributed by atoms with Crippen molar-refractivity contribution in [3.05, 3.63) is 27.7 Å². The van der Waals surface area contributed by atoms with Crippen molar-refractivity contribution in [1.82, 2.24) is 0 Å². The Balaban J connectivity index is 2.41. The van der Waals surface area contributed by atoms with Gasteiger partial charge in [0.2, 0.25) is 5.91 Å². The van der Waals surface area contributed by atoms with Crippen LogP contribution in [0.5, 0.6) is 0 Å². The number of carbonyl (C=O) groups is 1. The fraction of sp³-hybridized carbons (Fsp3) is 0.417. The zero-order chi connectivity index (χ0) is 11.9. The number of amides is 1. The van der Waals surface area contributed by atoms with Crippen LogP contribution in [-0.4, -0.2) is 17.7 Å². The molecule has 1 amide bonds. The molecular formula is C12H14BrNOS. The van der Waals surface area contributed by atoms with Gasteiger partial charge in [0.05, 0.1) is 0 Å². The average Bonchev–Trinajstić information content (AvgIpc) is 2.51. The fourth-order valence-electron chi connectivity index (χ4n) is 1.98. The molecule has 0 saturated carbocycles. The summed E-state index contributed by atoms with van der Waals surface area (Å²) in [4.78, 5) is 13.6. The molecule has 4 heteroatoms. The molecule has 2 rings (SSSR count). The van der Waals surface area contributed by atoms with E-state index in [0.717, 1.165) is 21.3 Å². The minimum atomic E-state index is 0.163. The molecule has 0 spiro atoms. The Kier molecular flexibility index (Phi) is 3.31. The van der Waals surface area contributed by atoms with E-state index in [1.54, 1.807) is 0 Å². The van der Waals surface area contributed by atoms with E-state index in [-0.39, 0.29) is 11.2 Å². The highest BCUT2D eigenvalue weighted by atomic mass is 79.9. The molecule has 16 heavy (non-hydrogen) atoms. The van der Waals surface area contributed by atoms with Crippen LogP contribution < -0.4 is 4.90 Å². The first-order chi connectivity index (χ1) is 7.49. The summed E-state index contributed by atoms with van der Waals surface area (Å²) in [6.45, 7) is 4.77. The summed E-state index contributed by atoms with van der Waals surface area (Å²) in [5.74, 6) is 0.171. The first-order valence-electron chi connectivity index (χ1n) is 5.24. The molecule has 0 aliphatic carbocycles. The highest BCUT2D eigenvalue weighted by Gasteiger charge is 2.29. The van der Waals surface area contributed by atoms with Gasteiger partial charge in [-0.05, 0) is 37.1 Å². The van der Waals surface area contributed by atoms with Gasteiger partial charge in [0.15, 0.2) is 0 Å². The summed E-state index contributed by atoms with van der Waals surface area (Å²) >= 11 is 7.87. The number of carbonyl (C=O) groups excluding carboxylic acids is 1. The van der Waals surface area contributed by atoms with Crippen LogP contribution in [-0.2, 0) is 4.79 Å². The van der Waals surface area contributed by atoms with Gasteiger partial charge in [0.25, 0.3) is 0 Å². The molecule has 0 N–H and O–H groups in total. The molecule has 1 aromatic carbocycles. The van der Waals surface area contributed by atoms with Gasteiger partial charge in [-0.15, -0.1) is 0 Å². The molecule has 1 saturated heterocycles. The van der Waals surface area contributed by atoms with Gasteiger partial charge in [-0.3, -0.25) is 4.79 Å². The largest absolute Gasteiger partial charge is 0.311 e. The maximum absolute atomic E-state index is 11.8. The van der Waals surface area contributed by atoms with Crippen LogP contribution in [0.3, 0.4) is 0 Å². The number of anilines is 1. The zero-order valence-corrected chi connectivity index (χ0v) is 11.8. The summed E-state index contributed by atoms with van der Waals surface area (Å²) in [5, 5.41) is 0.163. The Hall–Kier alpha value is -0.480. The quantitative estimate of drug-likeness (QED) is 0.790. The topological polar surface area (TPSA) is 20.3 Å². The van der Waals surface area contributed by atoms with Gasteiger partial charge in [-0.1, -0.05) is 15.9 Å². The Morgan fingerprint density at radius 1 is 1.38 bits per heavy atom. The highest BCUT2D eigenvalue weighted by molar-refractivity contribution is 9.10. The monoisotopic (exact) mass is 299 g/mol. The number of hydrogen-bond donors (Lipinski definition) is 1. The second-order valence-electron chi connectivity index (χ2n) is 4.25. The lowest BCUT2D eigenvalue weighted by molar-refractivity contribution is -0.117. The molecule has 1 aromatic rings. The third kappa shape index (κ3) is 2.13. The smallest absolute Gasteiger partial charge is 0.228 e. The summed E-state index contributed by atoms with van der Waals surface area (Å²) < 4.78 is 1.09. The van der Waals surface area contributed by atoms with Crippen molar-refractivity contribution in [1.29, 1.82) is 0 Å². The van der Waals surface area contributed by atoms with Crippen molar-refractivity contribution in [2.24, 2.45) is 0 Å². The Labute approximate surface area is 110 Å². The highest BCUT2D eigenvalue weighted by Crippen LogP contribution is 2.31. The predicted molar refractivity (Wildman–Crippen MR) is 73.4 cm³/mol. The molecule has 0 aromatic heterocycles. The molecule has 86 valence electrons. The van der Waals surface area contributed by atoms with Crippen LogP contribution in [0.1, 0.15) is 17.5 Å². The predicted octanol–water partition coefficient (Wildman–Crippen LogP) is 3.10. The summed E-state index contributed by atoms with van der Waals surface area (Å²) in [7, 11) is 0. The van der Waals surface area contributed by atoms with E-state index in [1.807, 2.05) is 18.7 Å². The van der Waals surface area contributed by atoms with E-state index in [4.69, 9.17) is 0 Å². The normalized spacial score (nSPS) is 20.6.